The number of nitrogens with zero attached hydrogens (tertiary/aromatic N) is 1. The first-order chi connectivity index (χ1) is 9.68. The molecule has 0 spiro atoms. The number of rotatable bonds is 3. The van der Waals surface area contributed by atoms with Crippen molar-refractivity contribution in [3.05, 3.63) is 29.6 Å². The number of hydrogen-bond donors (Lipinski definition) is 2. The molecule has 1 amide bonds. The van der Waals surface area contributed by atoms with Gasteiger partial charge >= 0.3 is 0 Å². The Balaban J connectivity index is 0.00000161. The molecular weight excluding hydrogens is 290 g/mol. The monoisotopic (exact) mass is 311 g/mol. The second kappa shape index (κ2) is 6.30. The molecule has 2 bridgehead atoms. The Bertz CT molecular complexity index is 501. The summed E-state index contributed by atoms with van der Waals surface area (Å²) < 4.78 is 6.05. The number of nitrogens with one attached hydrogen (secondary N) is 1. The molecule has 2 fully saturated rings. The minimum absolute atomic E-state index is 0. The largest absolute Gasteiger partial charge is 0.373 e. The predicted molar refractivity (Wildman–Crippen MR) is 82.4 cm³/mol. The Kier molecular flexibility index (Phi) is 4.86. The highest BCUT2D eigenvalue weighted by atomic mass is 35.5. The van der Waals surface area contributed by atoms with E-state index in [0.29, 0.717) is 17.5 Å². The van der Waals surface area contributed by atoms with Gasteiger partial charge in [-0.1, -0.05) is 6.42 Å². The Morgan fingerprint density at radius 1 is 1.43 bits per heavy atom. The Labute approximate surface area is 131 Å². The zero-order chi connectivity index (χ0) is 14.2. The van der Waals surface area contributed by atoms with Gasteiger partial charge in [0.1, 0.15) is 11.3 Å². The summed E-state index contributed by atoms with van der Waals surface area (Å²) in [5.74, 6) is 0.378. The highest BCUT2D eigenvalue weighted by Crippen LogP contribution is 2.49. The van der Waals surface area contributed by atoms with Crippen molar-refractivity contribution in [1.29, 1.82) is 0 Å². The molecule has 1 aliphatic heterocycles. The predicted octanol–water partition coefficient (Wildman–Crippen LogP) is 1.46. The molecule has 0 aromatic carbocycles. The molecule has 0 radical (unpaired) electrons. The van der Waals surface area contributed by atoms with Crippen LogP contribution in [0.15, 0.2) is 18.3 Å². The maximum absolute atomic E-state index is 11.4. The number of ether oxygens (including phenoxy) is 1. The fourth-order valence-electron chi connectivity index (χ4n) is 4.04. The number of piperidine rings is 1. The lowest BCUT2D eigenvalue weighted by Gasteiger charge is -2.52. The molecule has 3 N–H and O–H groups in total. The summed E-state index contributed by atoms with van der Waals surface area (Å²) in [5, 5.41) is 3.50. The van der Waals surface area contributed by atoms with Crippen LogP contribution < -0.4 is 11.1 Å². The van der Waals surface area contributed by atoms with Crippen molar-refractivity contribution in [2.45, 2.75) is 24.9 Å². The fraction of sp³-hybridized carbons (Fsp3) is 0.600. The van der Waals surface area contributed by atoms with Gasteiger partial charge < -0.3 is 15.8 Å². The van der Waals surface area contributed by atoms with Crippen molar-refractivity contribution in [3.63, 3.8) is 0 Å². The Morgan fingerprint density at radius 2 is 2.10 bits per heavy atom. The Hall–Kier alpha value is -1.17. The first kappa shape index (κ1) is 16.2. The summed E-state index contributed by atoms with van der Waals surface area (Å²) >= 11 is 0. The van der Waals surface area contributed by atoms with E-state index in [1.54, 1.807) is 13.3 Å². The van der Waals surface area contributed by atoms with E-state index in [0.717, 1.165) is 31.5 Å². The number of pyridine rings is 1. The van der Waals surface area contributed by atoms with Gasteiger partial charge in [0.05, 0.1) is 0 Å². The number of nitrogens with two attached hydrogens (primary N) is 1. The van der Waals surface area contributed by atoms with Crippen molar-refractivity contribution < 1.29 is 9.53 Å². The van der Waals surface area contributed by atoms with Gasteiger partial charge in [-0.25, -0.2) is 0 Å². The first-order valence-electron chi connectivity index (χ1n) is 7.20. The molecular formula is C15H22ClN3O2. The molecule has 1 aromatic heterocycles. The van der Waals surface area contributed by atoms with E-state index in [4.69, 9.17) is 10.5 Å². The van der Waals surface area contributed by atoms with Gasteiger partial charge in [0.2, 0.25) is 0 Å². The van der Waals surface area contributed by atoms with Crippen LogP contribution in [0.25, 0.3) is 0 Å². The lowest BCUT2D eigenvalue weighted by molar-refractivity contribution is -0.144. The van der Waals surface area contributed by atoms with Crippen LogP contribution in [0.5, 0.6) is 0 Å². The number of aromatic nitrogens is 1. The zero-order valence-electron chi connectivity index (χ0n) is 12.2. The minimum atomic E-state index is -0.489. The van der Waals surface area contributed by atoms with Gasteiger partial charge in [-0.3, -0.25) is 9.78 Å². The molecule has 116 valence electrons. The van der Waals surface area contributed by atoms with Crippen LogP contribution in [-0.2, 0) is 10.3 Å². The van der Waals surface area contributed by atoms with Crippen LogP contribution in [0.4, 0.5) is 0 Å². The number of fused-ring (bicyclic) bond motifs is 2. The molecule has 21 heavy (non-hydrogen) atoms. The summed E-state index contributed by atoms with van der Waals surface area (Å²) in [6.07, 6.45) is 5.20. The number of amides is 1. The van der Waals surface area contributed by atoms with E-state index in [1.165, 1.54) is 6.42 Å². The fourth-order valence-corrected chi connectivity index (χ4v) is 4.04. The van der Waals surface area contributed by atoms with Gasteiger partial charge in [-0.2, -0.15) is 0 Å². The molecule has 1 aliphatic carbocycles. The molecule has 1 unspecified atom stereocenters. The van der Waals surface area contributed by atoms with Crippen LogP contribution in [-0.4, -0.2) is 31.1 Å². The maximum atomic E-state index is 11.4. The summed E-state index contributed by atoms with van der Waals surface area (Å²) in [6.45, 7) is 1.91. The quantitative estimate of drug-likeness (QED) is 0.886. The van der Waals surface area contributed by atoms with E-state index >= 15 is 0 Å². The zero-order valence-corrected chi connectivity index (χ0v) is 13.0. The normalized spacial score (nSPS) is 31.3. The average molecular weight is 312 g/mol. The van der Waals surface area contributed by atoms with E-state index < -0.39 is 5.91 Å². The molecule has 5 nitrogen and oxygen atoms in total. The third-order valence-electron chi connectivity index (χ3n) is 4.90. The lowest BCUT2D eigenvalue weighted by atomic mass is 9.63. The number of halogens is 1. The first-order valence-corrected chi connectivity index (χ1v) is 7.20. The molecule has 1 saturated carbocycles. The summed E-state index contributed by atoms with van der Waals surface area (Å²) in [7, 11) is 1.78. The second-order valence-corrected chi connectivity index (χ2v) is 5.77. The smallest absolute Gasteiger partial charge is 0.267 e. The number of primary amides is 1. The van der Waals surface area contributed by atoms with Crippen molar-refractivity contribution in [1.82, 2.24) is 10.3 Å². The SMILES string of the molecule is COC1(c2ccnc(C(N)=O)c2)[C@@H]2CCC[C@H]1CNC2.Cl. The number of methoxy groups -OCH3 is 1. The average Bonchev–Trinajstić information content (AvgIpc) is 2.46. The van der Waals surface area contributed by atoms with Crippen LogP contribution >= 0.6 is 12.4 Å². The van der Waals surface area contributed by atoms with Crippen LogP contribution in [0.3, 0.4) is 0 Å². The van der Waals surface area contributed by atoms with Gasteiger partial charge in [0.15, 0.2) is 0 Å². The maximum Gasteiger partial charge on any atom is 0.267 e. The number of carbonyl (C=O) groups excluding carboxylic acids is 1. The molecule has 2 heterocycles. The lowest BCUT2D eigenvalue weighted by Crippen LogP contribution is -2.57. The van der Waals surface area contributed by atoms with Crippen LogP contribution in [0, 0.1) is 11.8 Å². The summed E-state index contributed by atoms with van der Waals surface area (Å²) in [4.78, 5) is 15.4. The standard InChI is InChI=1S/C15H21N3O2.ClH/c1-20-15(10-5-6-18-13(7-10)14(16)19)11-3-2-4-12(15)9-17-8-11;/h5-7,11-12,17H,2-4,8-9H2,1H3,(H2,16,19);1H/t11-,12+,15?;. The number of carbonyl (C=O) groups is 1. The third kappa shape index (κ3) is 2.54. The van der Waals surface area contributed by atoms with Gasteiger partial charge in [0.25, 0.3) is 5.91 Å². The van der Waals surface area contributed by atoms with Crippen molar-refractivity contribution in [2.24, 2.45) is 17.6 Å². The summed E-state index contributed by atoms with van der Waals surface area (Å²) in [5.41, 5.74) is 6.41. The topological polar surface area (TPSA) is 77.2 Å². The number of hydrogen-bond acceptors (Lipinski definition) is 4. The van der Waals surface area contributed by atoms with Gasteiger partial charge in [0, 0.05) is 38.2 Å². The molecule has 3 rings (SSSR count). The third-order valence-corrected chi connectivity index (χ3v) is 4.90. The van der Waals surface area contributed by atoms with E-state index in [2.05, 4.69) is 10.3 Å². The van der Waals surface area contributed by atoms with Crippen molar-refractivity contribution in [2.75, 3.05) is 20.2 Å². The van der Waals surface area contributed by atoms with Crippen molar-refractivity contribution >= 4 is 18.3 Å². The molecule has 3 atom stereocenters. The Morgan fingerprint density at radius 3 is 2.67 bits per heavy atom. The molecule has 1 saturated heterocycles. The van der Waals surface area contributed by atoms with Gasteiger partial charge in [-0.05, 0) is 30.5 Å². The molecule has 2 aliphatic rings. The van der Waals surface area contributed by atoms with Crippen LogP contribution in [0.2, 0.25) is 0 Å². The van der Waals surface area contributed by atoms with E-state index in [-0.39, 0.29) is 18.0 Å². The second-order valence-electron chi connectivity index (χ2n) is 5.77. The minimum Gasteiger partial charge on any atom is -0.373 e. The summed E-state index contributed by atoms with van der Waals surface area (Å²) in [6, 6.07) is 3.77. The van der Waals surface area contributed by atoms with E-state index in [9.17, 15) is 4.79 Å². The van der Waals surface area contributed by atoms with Crippen molar-refractivity contribution in [3.8, 4) is 0 Å². The highest BCUT2D eigenvalue weighted by Gasteiger charge is 2.51. The highest BCUT2D eigenvalue weighted by molar-refractivity contribution is 5.90. The van der Waals surface area contributed by atoms with E-state index in [1.807, 2.05) is 12.1 Å². The van der Waals surface area contributed by atoms with Gasteiger partial charge in [-0.15, -0.1) is 12.4 Å². The van der Waals surface area contributed by atoms with Crippen LogP contribution in [0.1, 0.15) is 35.3 Å². The molecule has 1 aromatic rings. The molecule has 6 heteroatoms.